The molecule has 0 bridgehead atoms. The number of imidazole rings is 1. The zero-order valence-corrected chi connectivity index (χ0v) is 15.7. The predicted octanol–water partition coefficient (Wildman–Crippen LogP) is 2.38. The Morgan fingerprint density at radius 3 is 2.88 bits per heavy atom. The Balaban J connectivity index is 1.40. The number of H-pyrrole nitrogens is 1. The summed E-state index contributed by atoms with van der Waals surface area (Å²) in [4.78, 5) is 24.4. The third-order valence-electron chi connectivity index (χ3n) is 4.83. The average Bonchev–Trinajstić information content (AvgIpc) is 3.10. The maximum absolute atomic E-state index is 12.4. The van der Waals surface area contributed by atoms with Gasteiger partial charge in [0.15, 0.2) is 0 Å². The number of unbranched alkanes of at least 4 members (excludes halogenated alkanes) is 1. The Bertz CT molecular complexity index is 678. The minimum atomic E-state index is -0.161. The highest BCUT2D eigenvalue weighted by Crippen LogP contribution is 2.15. The Labute approximate surface area is 154 Å². The topological polar surface area (TPSA) is 73.5 Å². The van der Waals surface area contributed by atoms with Crippen LogP contribution in [-0.2, 0) is 4.74 Å². The molecule has 2 heterocycles. The number of aromatic nitrogens is 2. The number of benzene rings is 1. The molecule has 1 aromatic heterocycles. The lowest BCUT2D eigenvalue weighted by Crippen LogP contribution is -2.40. The summed E-state index contributed by atoms with van der Waals surface area (Å²) in [5.41, 5.74) is 1.90. The smallest absolute Gasteiger partial charge is 0.317 e. The van der Waals surface area contributed by atoms with E-state index in [1.54, 1.807) is 4.90 Å². The number of aromatic amines is 1. The van der Waals surface area contributed by atoms with Gasteiger partial charge in [0.05, 0.1) is 30.3 Å². The van der Waals surface area contributed by atoms with Crippen LogP contribution in [0, 0.1) is 0 Å². The molecule has 2 N–H and O–H groups in total. The number of urea groups is 1. The first-order valence-corrected chi connectivity index (χ1v) is 9.40. The van der Waals surface area contributed by atoms with Gasteiger partial charge in [-0.3, -0.25) is 4.90 Å². The van der Waals surface area contributed by atoms with Gasteiger partial charge in [0, 0.05) is 26.7 Å². The number of ether oxygens (including phenoxy) is 1. The lowest BCUT2D eigenvalue weighted by molar-refractivity contribution is 0.0370. The van der Waals surface area contributed by atoms with Gasteiger partial charge in [-0.15, -0.1) is 0 Å². The van der Waals surface area contributed by atoms with Gasteiger partial charge in [0.25, 0.3) is 0 Å². The molecule has 7 heteroatoms. The molecule has 1 aromatic carbocycles. The van der Waals surface area contributed by atoms with Crippen molar-refractivity contribution in [2.24, 2.45) is 0 Å². The van der Waals surface area contributed by atoms with E-state index in [2.05, 4.69) is 20.2 Å². The van der Waals surface area contributed by atoms with Crippen LogP contribution in [0.15, 0.2) is 24.3 Å². The Kier molecular flexibility index (Phi) is 6.46. The van der Waals surface area contributed by atoms with Crippen molar-refractivity contribution in [3.63, 3.8) is 0 Å². The highest BCUT2D eigenvalue weighted by molar-refractivity contribution is 5.76. The van der Waals surface area contributed by atoms with Gasteiger partial charge in [-0.1, -0.05) is 12.1 Å². The lowest BCUT2D eigenvalue weighted by atomic mass is 10.2. The zero-order chi connectivity index (χ0) is 18.4. The molecule has 1 atom stereocenters. The van der Waals surface area contributed by atoms with Crippen LogP contribution in [0.2, 0.25) is 0 Å². The molecule has 2 aromatic rings. The van der Waals surface area contributed by atoms with E-state index in [4.69, 9.17) is 4.74 Å². The standard InChI is InChI=1S/C19H29N5O2/c1-15(18-21-16-7-3-4-8-17(16)22-18)20-19(25)23(2)9-5-6-10-24-11-13-26-14-12-24/h3-4,7-8,15H,5-6,9-14H2,1-2H3,(H,20,25)(H,21,22). The molecule has 1 unspecified atom stereocenters. The summed E-state index contributed by atoms with van der Waals surface area (Å²) in [5.74, 6) is 0.778. The van der Waals surface area contributed by atoms with Crippen LogP contribution in [0.3, 0.4) is 0 Å². The second-order valence-electron chi connectivity index (χ2n) is 6.89. The number of rotatable bonds is 7. The molecule has 0 radical (unpaired) electrons. The molecular formula is C19H29N5O2. The molecule has 2 amide bonds. The highest BCUT2D eigenvalue weighted by Gasteiger charge is 2.16. The molecule has 1 aliphatic heterocycles. The minimum Gasteiger partial charge on any atom is -0.379 e. The van der Waals surface area contributed by atoms with Crippen molar-refractivity contribution in [1.82, 2.24) is 25.1 Å². The second kappa shape index (κ2) is 9.00. The Hall–Kier alpha value is -2.12. The van der Waals surface area contributed by atoms with E-state index in [1.165, 1.54) is 0 Å². The van der Waals surface area contributed by atoms with E-state index in [-0.39, 0.29) is 12.1 Å². The molecule has 1 saturated heterocycles. The van der Waals surface area contributed by atoms with Crippen LogP contribution in [0.4, 0.5) is 4.79 Å². The maximum atomic E-state index is 12.4. The third-order valence-corrected chi connectivity index (χ3v) is 4.83. The molecule has 0 spiro atoms. The number of nitrogens with zero attached hydrogens (tertiary/aromatic N) is 3. The largest absolute Gasteiger partial charge is 0.379 e. The SMILES string of the molecule is CC(NC(=O)N(C)CCCCN1CCOCC1)c1nc2ccccc2[nH]1. The Morgan fingerprint density at radius 1 is 1.35 bits per heavy atom. The summed E-state index contributed by atoms with van der Waals surface area (Å²) in [6, 6.07) is 7.65. The molecule has 26 heavy (non-hydrogen) atoms. The molecule has 142 valence electrons. The average molecular weight is 359 g/mol. The van der Waals surface area contributed by atoms with Crippen molar-refractivity contribution in [2.45, 2.75) is 25.8 Å². The van der Waals surface area contributed by atoms with E-state index in [0.717, 1.165) is 69.1 Å². The highest BCUT2D eigenvalue weighted by atomic mass is 16.5. The van der Waals surface area contributed by atoms with E-state index >= 15 is 0 Å². The molecule has 1 aliphatic rings. The fraction of sp³-hybridized carbons (Fsp3) is 0.579. The van der Waals surface area contributed by atoms with Gasteiger partial charge < -0.3 is 19.9 Å². The van der Waals surface area contributed by atoms with Gasteiger partial charge in [-0.2, -0.15) is 0 Å². The second-order valence-corrected chi connectivity index (χ2v) is 6.89. The number of hydrogen-bond acceptors (Lipinski definition) is 4. The monoisotopic (exact) mass is 359 g/mol. The molecular weight excluding hydrogens is 330 g/mol. The van der Waals surface area contributed by atoms with E-state index in [0.29, 0.717) is 0 Å². The van der Waals surface area contributed by atoms with Gasteiger partial charge in [-0.05, 0) is 38.4 Å². The van der Waals surface area contributed by atoms with Crippen molar-refractivity contribution in [2.75, 3.05) is 46.4 Å². The van der Waals surface area contributed by atoms with Crippen LogP contribution in [0.1, 0.15) is 31.6 Å². The lowest BCUT2D eigenvalue weighted by Gasteiger charge is -2.27. The number of para-hydroxylation sites is 2. The summed E-state index contributed by atoms with van der Waals surface area (Å²) in [6.07, 6.45) is 2.09. The van der Waals surface area contributed by atoms with E-state index < -0.39 is 0 Å². The predicted molar refractivity (Wildman–Crippen MR) is 102 cm³/mol. The minimum absolute atomic E-state index is 0.0654. The van der Waals surface area contributed by atoms with Gasteiger partial charge in [-0.25, -0.2) is 9.78 Å². The number of morpholine rings is 1. The van der Waals surface area contributed by atoms with E-state index in [9.17, 15) is 4.79 Å². The summed E-state index contributed by atoms with van der Waals surface area (Å²) < 4.78 is 5.36. The third kappa shape index (κ3) is 4.95. The van der Waals surface area contributed by atoms with Gasteiger partial charge >= 0.3 is 6.03 Å². The Morgan fingerprint density at radius 2 is 2.12 bits per heavy atom. The zero-order valence-electron chi connectivity index (χ0n) is 15.7. The van der Waals surface area contributed by atoms with Crippen molar-refractivity contribution in [3.05, 3.63) is 30.1 Å². The van der Waals surface area contributed by atoms with Crippen LogP contribution >= 0.6 is 0 Å². The molecule has 0 saturated carbocycles. The van der Waals surface area contributed by atoms with Crippen LogP contribution in [-0.4, -0.2) is 72.2 Å². The van der Waals surface area contributed by atoms with Crippen molar-refractivity contribution in [3.8, 4) is 0 Å². The van der Waals surface area contributed by atoms with E-state index in [1.807, 2.05) is 38.2 Å². The molecule has 0 aliphatic carbocycles. The summed E-state index contributed by atoms with van der Waals surface area (Å²) in [7, 11) is 1.84. The summed E-state index contributed by atoms with van der Waals surface area (Å²) in [6.45, 7) is 7.49. The first-order valence-electron chi connectivity index (χ1n) is 9.40. The fourth-order valence-corrected chi connectivity index (χ4v) is 3.15. The number of carbonyl (C=O) groups is 1. The summed E-state index contributed by atoms with van der Waals surface area (Å²) in [5, 5.41) is 3.01. The normalized spacial score (nSPS) is 16.5. The first kappa shape index (κ1) is 18.7. The molecule has 7 nitrogen and oxygen atoms in total. The van der Waals surface area contributed by atoms with Crippen LogP contribution in [0.5, 0.6) is 0 Å². The van der Waals surface area contributed by atoms with Gasteiger partial charge in [0.2, 0.25) is 0 Å². The van der Waals surface area contributed by atoms with Crippen molar-refractivity contribution in [1.29, 1.82) is 0 Å². The van der Waals surface area contributed by atoms with Crippen molar-refractivity contribution >= 4 is 17.1 Å². The fourth-order valence-electron chi connectivity index (χ4n) is 3.15. The quantitative estimate of drug-likeness (QED) is 0.745. The summed E-state index contributed by atoms with van der Waals surface area (Å²) >= 11 is 0. The molecule has 1 fully saturated rings. The number of hydrogen-bond donors (Lipinski definition) is 2. The maximum Gasteiger partial charge on any atom is 0.317 e. The number of carbonyl (C=O) groups excluding carboxylic acids is 1. The molecule has 3 rings (SSSR count). The van der Waals surface area contributed by atoms with Crippen LogP contribution in [0.25, 0.3) is 11.0 Å². The van der Waals surface area contributed by atoms with Crippen molar-refractivity contribution < 1.29 is 9.53 Å². The number of nitrogens with one attached hydrogen (secondary N) is 2. The van der Waals surface area contributed by atoms with Crippen LogP contribution < -0.4 is 5.32 Å². The first-order chi connectivity index (χ1) is 12.6. The number of fused-ring (bicyclic) bond motifs is 1. The van der Waals surface area contributed by atoms with Gasteiger partial charge in [0.1, 0.15) is 5.82 Å². The number of amides is 2.